The van der Waals surface area contributed by atoms with Gasteiger partial charge in [0.05, 0.1) is 4.92 Å². The maximum absolute atomic E-state index is 10.3. The van der Waals surface area contributed by atoms with Crippen molar-refractivity contribution in [3.8, 4) is 11.8 Å². The van der Waals surface area contributed by atoms with Crippen LogP contribution >= 0.6 is 11.3 Å². The minimum Gasteiger partial charge on any atom is -0.360 e. The molecule has 0 unspecified atom stereocenters. The van der Waals surface area contributed by atoms with E-state index in [1.165, 1.54) is 6.20 Å². The third kappa shape index (κ3) is 3.03. The highest BCUT2D eigenvalue weighted by atomic mass is 32.1. The van der Waals surface area contributed by atoms with Gasteiger partial charge in [0.2, 0.25) is 0 Å². The molecule has 0 saturated heterocycles. The smallest absolute Gasteiger partial charge is 0.345 e. The second kappa shape index (κ2) is 5.19. The van der Waals surface area contributed by atoms with Crippen LogP contribution in [-0.4, -0.2) is 16.5 Å². The molecule has 6 heteroatoms. The number of nitrogens with zero attached hydrogens (tertiary/aromatic N) is 2. The first-order valence-electron chi connectivity index (χ1n) is 3.97. The summed E-state index contributed by atoms with van der Waals surface area (Å²) in [5, 5.41) is 13.9. The van der Waals surface area contributed by atoms with Crippen molar-refractivity contribution in [2.24, 2.45) is 0 Å². The Balaban J connectivity index is 2.42. The summed E-state index contributed by atoms with van der Waals surface area (Å²) in [5.41, 5.74) is 0. The highest BCUT2D eigenvalue weighted by Crippen LogP contribution is 2.24. The molecule has 0 amide bonds. The minimum atomic E-state index is -0.450. The number of hydrogen-bond donors (Lipinski definition) is 1. The molecule has 0 atom stereocenters. The lowest BCUT2D eigenvalue weighted by Gasteiger charge is -1.95. The van der Waals surface area contributed by atoms with Gasteiger partial charge in [-0.25, -0.2) is 4.98 Å². The van der Waals surface area contributed by atoms with E-state index in [4.69, 9.17) is 0 Å². The second-order valence-electron chi connectivity index (χ2n) is 2.36. The van der Waals surface area contributed by atoms with Gasteiger partial charge in [0.25, 0.3) is 0 Å². The Morgan fingerprint density at radius 1 is 1.79 bits per heavy atom. The summed E-state index contributed by atoms with van der Waals surface area (Å²) in [5.74, 6) is 5.64. The summed E-state index contributed by atoms with van der Waals surface area (Å²) in [7, 11) is 0. The van der Waals surface area contributed by atoms with Crippen LogP contribution in [0, 0.1) is 22.0 Å². The third-order valence-electron chi connectivity index (χ3n) is 1.38. The molecule has 1 heterocycles. The van der Waals surface area contributed by atoms with E-state index in [0.29, 0.717) is 18.1 Å². The average molecular weight is 211 g/mol. The maximum atomic E-state index is 10.3. The molecule has 0 aliphatic rings. The van der Waals surface area contributed by atoms with E-state index in [0.717, 1.165) is 11.3 Å². The van der Waals surface area contributed by atoms with E-state index in [2.05, 4.69) is 22.1 Å². The Hall–Kier alpha value is -1.61. The van der Waals surface area contributed by atoms with E-state index in [9.17, 15) is 10.1 Å². The molecule has 0 aromatic carbocycles. The molecule has 0 bridgehead atoms. The predicted molar refractivity (Wildman–Crippen MR) is 55.3 cm³/mol. The van der Waals surface area contributed by atoms with Crippen molar-refractivity contribution < 1.29 is 4.92 Å². The van der Waals surface area contributed by atoms with Gasteiger partial charge in [-0.15, -0.1) is 11.8 Å². The average Bonchev–Trinajstić information content (AvgIpc) is 2.61. The molecule has 74 valence electrons. The highest BCUT2D eigenvalue weighted by molar-refractivity contribution is 7.18. The van der Waals surface area contributed by atoms with Gasteiger partial charge in [0, 0.05) is 13.0 Å². The van der Waals surface area contributed by atoms with Gasteiger partial charge in [-0.2, -0.15) is 0 Å². The lowest BCUT2D eigenvalue weighted by Crippen LogP contribution is -1.98. The van der Waals surface area contributed by atoms with Crippen molar-refractivity contribution in [3.63, 3.8) is 0 Å². The topological polar surface area (TPSA) is 68.1 Å². The van der Waals surface area contributed by atoms with E-state index >= 15 is 0 Å². The van der Waals surface area contributed by atoms with Gasteiger partial charge in [0.1, 0.15) is 6.20 Å². The molecule has 0 radical (unpaired) electrons. The number of hydrogen-bond acceptors (Lipinski definition) is 5. The SMILES string of the molecule is CC#CCCNc1ncc([N+](=O)[O-])s1. The minimum absolute atomic E-state index is 0.0501. The van der Waals surface area contributed by atoms with E-state index in [1.54, 1.807) is 6.92 Å². The summed E-state index contributed by atoms with van der Waals surface area (Å²) >= 11 is 1.03. The fourth-order valence-electron chi connectivity index (χ4n) is 0.789. The van der Waals surface area contributed by atoms with Crippen molar-refractivity contribution >= 4 is 21.5 Å². The molecule has 0 saturated carbocycles. The Morgan fingerprint density at radius 2 is 2.57 bits per heavy atom. The van der Waals surface area contributed by atoms with Crippen LogP contribution in [0.1, 0.15) is 13.3 Å². The Morgan fingerprint density at radius 3 is 3.14 bits per heavy atom. The van der Waals surface area contributed by atoms with Crippen molar-refractivity contribution in [2.75, 3.05) is 11.9 Å². The summed E-state index contributed by atoms with van der Waals surface area (Å²) in [4.78, 5) is 13.7. The number of nitrogens with one attached hydrogen (secondary N) is 1. The summed E-state index contributed by atoms with van der Waals surface area (Å²) in [6, 6.07) is 0. The molecule has 0 fully saturated rings. The molecule has 5 nitrogen and oxygen atoms in total. The van der Waals surface area contributed by atoms with E-state index < -0.39 is 4.92 Å². The molecule has 1 rings (SSSR count). The summed E-state index contributed by atoms with van der Waals surface area (Å²) in [6.07, 6.45) is 1.96. The monoisotopic (exact) mass is 211 g/mol. The first-order chi connectivity index (χ1) is 6.74. The van der Waals surface area contributed by atoms with E-state index in [-0.39, 0.29) is 5.00 Å². The largest absolute Gasteiger partial charge is 0.360 e. The molecular formula is C8H9N3O2S. The second-order valence-corrected chi connectivity index (χ2v) is 3.37. The van der Waals surface area contributed by atoms with Crippen LogP contribution in [0.2, 0.25) is 0 Å². The van der Waals surface area contributed by atoms with Crippen LogP contribution in [-0.2, 0) is 0 Å². The number of thiazole rings is 1. The number of aromatic nitrogens is 1. The fourth-order valence-corrected chi connectivity index (χ4v) is 1.45. The zero-order valence-corrected chi connectivity index (χ0v) is 8.43. The summed E-state index contributed by atoms with van der Waals surface area (Å²) in [6.45, 7) is 2.43. The van der Waals surface area contributed by atoms with Gasteiger partial charge < -0.3 is 5.32 Å². The highest BCUT2D eigenvalue weighted by Gasteiger charge is 2.10. The van der Waals surface area contributed by atoms with Gasteiger partial charge >= 0.3 is 5.00 Å². The lowest BCUT2D eigenvalue weighted by atomic mass is 10.4. The van der Waals surface area contributed by atoms with Crippen LogP contribution in [0.15, 0.2) is 6.20 Å². The van der Waals surface area contributed by atoms with Gasteiger partial charge in [-0.05, 0) is 18.3 Å². The summed E-state index contributed by atoms with van der Waals surface area (Å²) < 4.78 is 0. The molecule has 1 N–H and O–H groups in total. The van der Waals surface area contributed by atoms with Crippen LogP contribution in [0.4, 0.5) is 10.1 Å². The lowest BCUT2D eigenvalue weighted by molar-refractivity contribution is -0.380. The van der Waals surface area contributed by atoms with Crippen molar-refractivity contribution in [1.82, 2.24) is 4.98 Å². The van der Waals surface area contributed by atoms with Gasteiger partial charge in [-0.1, -0.05) is 0 Å². The third-order valence-corrected chi connectivity index (χ3v) is 2.28. The van der Waals surface area contributed by atoms with E-state index in [1.807, 2.05) is 0 Å². The number of anilines is 1. The van der Waals surface area contributed by atoms with Crippen molar-refractivity contribution in [3.05, 3.63) is 16.3 Å². The first-order valence-corrected chi connectivity index (χ1v) is 4.79. The van der Waals surface area contributed by atoms with Crippen LogP contribution < -0.4 is 5.32 Å². The molecular weight excluding hydrogens is 202 g/mol. The van der Waals surface area contributed by atoms with Crippen molar-refractivity contribution in [1.29, 1.82) is 0 Å². The Kier molecular flexibility index (Phi) is 3.88. The quantitative estimate of drug-likeness (QED) is 0.357. The first kappa shape index (κ1) is 10.5. The zero-order valence-electron chi connectivity index (χ0n) is 7.61. The number of rotatable bonds is 4. The maximum Gasteiger partial charge on any atom is 0.345 e. The predicted octanol–water partition coefficient (Wildman–Crippen LogP) is 1.88. The molecule has 14 heavy (non-hydrogen) atoms. The van der Waals surface area contributed by atoms with Crippen LogP contribution in [0.25, 0.3) is 0 Å². The Labute approximate surface area is 85.3 Å². The zero-order chi connectivity index (χ0) is 10.4. The van der Waals surface area contributed by atoms with Crippen LogP contribution in [0.5, 0.6) is 0 Å². The standard InChI is InChI=1S/C8H9N3O2S/c1-2-3-4-5-9-8-10-6-7(14-8)11(12)13/h6H,4-5H2,1H3,(H,9,10). The molecule has 0 spiro atoms. The fraction of sp³-hybridized carbons (Fsp3) is 0.375. The Bertz CT molecular complexity index is 377. The molecule has 1 aromatic heterocycles. The molecule has 0 aliphatic heterocycles. The van der Waals surface area contributed by atoms with Gasteiger partial charge in [-0.3, -0.25) is 10.1 Å². The number of nitro groups is 1. The normalized spacial score (nSPS) is 8.93. The molecule has 0 aliphatic carbocycles. The molecule has 1 aromatic rings. The van der Waals surface area contributed by atoms with Crippen LogP contribution in [0.3, 0.4) is 0 Å². The van der Waals surface area contributed by atoms with Gasteiger partial charge in [0.15, 0.2) is 5.13 Å². The van der Waals surface area contributed by atoms with Crippen molar-refractivity contribution in [2.45, 2.75) is 13.3 Å².